The average molecular weight is 347 g/mol. The van der Waals surface area contributed by atoms with Crippen LogP contribution in [0.3, 0.4) is 0 Å². The topological polar surface area (TPSA) is 47.6 Å². The van der Waals surface area contributed by atoms with Gasteiger partial charge in [0, 0.05) is 22.6 Å². The first-order valence-corrected chi connectivity index (χ1v) is 6.66. The fourth-order valence-corrected chi connectivity index (χ4v) is 2.13. The van der Waals surface area contributed by atoms with Crippen molar-refractivity contribution >= 4 is 11.6 Å². The van der Waals surface area contributed by atoms with Crippen LogP contribution in [-0.4, -0.2) is 0 Å². The molecule has 22 heavy (non-hydrogen) atoms. The first-order valence-electron chi connectivity index (χ1n) is 6.28. The summed E-state index contributed by atoms with van der Waals surface area (Å²) >= 11 is 6.07. The molecular weight excluding hydrogens is 336 g/mol. The number of rotatable bonds is 1. The molecule has 3 aromatic rings. The predicted molar refractivity (Wildman–Crippen MR) is 83.9 cm³/mol. The number of benzene rings is 1. The number of hydrogen-bond acceptors (Lipinski definition) is 2. The van der Waals surface area contributed by atoms with Crippen molar-refractivity contribution in [2.24, 2.45) is 0 Å². The molecule has 0 atom stereocenters. The van der Waals surface area contributed by atoms with E-state index in [1.807, 2.05) is 66.7 Å². The third-order valence-electron chi connectivity index (χ3n) is 2.88. The van der Waals surface area contributed by atoms with E-state index in [1.165, 1.54) is 6.07 Å². The SMILES string of the molecule is N#Cc1cc(Cl)c(-[c-]2cccc2)cc1C#N.[Fe].[cH-]1[cH-][cH-][cH-][cH-]1. The van der Waals surface area contributed by atoms with Gasteiger partial charge in [0.2, 0.25) is 0 Å². The third kappa shape index (κ3) is 4.35. The van der Waals surface area contributed by atoms with Gasteiger partial charge in [0.25, 0.3) is 0 Å². The smallest absolute Gasteiger partial charge is 0.0992 e. The first kappa shape index (κ1) is 17.8. The van der Waals surface area contributed by atoms with E-state index in [4.69, 9.17) is 22.1 Å². The van der Waals surface area contributed by atoms with Crippen LogP contribution < -0.4 is 0 Å². The molecule has 0 aliphatic rings. The molecule has 0 fully saturated rings. The molecule has 0 spiro atoms. The van der Waals surface area contributed by atoms with Crippen LogP contribution in [0.2, 0.25) is 5.02 Å². The van der Waals surface area contributed by atoms with Crippen LogP contribution in [0.25, 0.3) is 11.1 Å². The van der Waals surface area contributed by atoms with Crippen LogP contribution in [0, 0.1) is 22.7 Å². The summed E-state index contributed by atoms with van der Waals surface area (Å²) < 4.78 is 0. The van der Waals surface area contributed by atoms with Crippen LogP contribution in [0.15, 0.2) is 66.7 Å². The summed E-state index contributed by atoms with van der Waals surface area (Å²) in [5, 5.41) is 18.2. The van der Waals surface area contributed by atoms with E-state index >= 15 is 0 Å². The molecule has 0 amide bonds. The van der Waals surface area contributed by atoms with Crippen molar-refractivity contribution in [3.63, 3.8) is 0 Å². The summed E-state index contributed by atoms with van der Waals surface area (Å²) in [5.74, 6) is 0. The van der Waals surface area contributed by atoms with E-state index in [0.717, 1.165) is 11.1 Å². The molecule has 3 rings (SSSR count). The Hall–Kier alpha value is -2.29. The molecule has 0 bridgehead atoms. The largest absolute Gasteiger partial charge is 0.748 e. The minimum atomic E-state index is 0. The number of nitriles is 2. The zero-order chi connectivity index (χ0) is 15.1. The Bertz CT molecular complexity index is 759. The number of hydrogen-bond donors (Lipinski definition) is 0. The summed E-state index contributed by atoms with van der Waals surface area (Å²) in [7, 11) is 0. The first-order chi connectivity index (χ1) is 10.3. The second kappa shape index (κ2) is 8.88. The molecule has 0 unspecified atom stereocenters. The van der Waals surface area contributed by atoms with Crippen LogP contribution >= 0.6 is 11.6 Å². The molecule has 0 N–H and O–H groups in total. The average Bonchev–Trinajstić information content (AvgIpc) is 3.22. The Kier molecular flexibility index (Phi) is 7.17. The van der Waals surface area contributed by atoms with Gasteiger partial charge < -0.3 is 30.3 Å². The van der Waals surface area contributed by atoms with Crippen LogP contribution in [0.1, 0.15) is 11.1 Å². The molecule has 4 heteroatoms. The molecule has 0 heterocycles. The molecule has 0 saturated heterocycles. The van der Waals surface area contributed by atoms with Gasteiger partial charge in [-0.05, 0) is 5.02 Å². The predicted octanol–water partition coefficient (Wildman–Crippen LogP) is 4.87. The van der Waals surface area contributed by atoms with E-state index in [-0.39, 0.29) is 17.1 Å². The Morgan fingerprint density at radius 3 is 1.77 bits per heavy atom. The van der Waals surface area contributed by atoms with Crippen molar-refractivity contribution in [3.05, 3.63) is 82.9 Å². The summed E-state index contributed by atoms with van der Waals surface area (Å²) in [5.41, 5.74) is 2.39. The summed E-state index contributed by atoms with van der Waals surface area (Å²) in [6, 6.07) is 24.7. The quantitative estimate of drug-likeness (QED) is 0.466. The fourth-order valence-electron chi connectivity index (χ4n) is 1.85. The van der Waals surface area contributed by atoms with Crippen LogP contribution in [0.5, 0.6) is 0 Å². The zero-order valence-corrected chi connectivity index (χ0v) is 13.3. The number of halogens is 1. The standard InChI is InChI=1S/C13H6ClN2.C5H5.Fe/c14-13-6-11(8-16)10(7-15)5-12(13)9-3-1-2-4-9;1-2-4-5-3-1;/h1-6H;1-5H;/q-1;-5;. The summed E-state index contributed by atoms with van der Waals surface area (Å²) in [6.45, 7) is 0. The second-order valence-electron chi connectivity index (χ2n) is 4.24. The van der Waals surface area contributed by atoms with E-state index in [9.17, 15) is 0 Å². The molecule has 0 saturated carbocycles. The Balaban J connectivity index is 0.000000344. The van der Waals surface area contributed by atoms with Crippen molar-refractivity contribution in [3.8, 4) is 23.3 Å². The van der Waals surface area contributed by atoms with E-state index in [1.54, 1.807) is 6.07 Å². The third-order valence-corrected chi connectivity index (χ3v) is 3.19. The van der Waals surface area contributed by atoms with Gasteiger partial charge in [-0.2, -0.15) is 22.7 Å². The second-order valence-corrected chi connectivity index (χ2v) is 4.64. The summed E-state index contributed by atoms with van der Waals surface area (Å²) in [6.07, 6.45) is 0. The van der Waals surface area contributed by atoms with E-state index in [0.29, 0.717) is 16.1 Å². The van der Waals surface area contributed by atoms with Crippen molar-refractivity contribution < 1.29 is 17.1 Å². The van der Waals surface area contributed by atoms with Gasteiger partial charge in [-0.25, -0.2) is 0 Å². The van der Waals surface area contributed by atoms with Gasteiger partial charge in [0.15, 0.2) is 0 Å². The van der Waals surface area contributed by atoms with Gasteiger partial charge >= 0.3 is 0 Å². The molecular formula is C18H11ClFeN2-6. The van der Waals surface area contributed by atoms with Crippen molar-refractivity contribution in [1.82, 2.24) is 0 Å². The van der Waals surface area contributed by atoms with Crippen molar-refractivity contribution in [2.45, 2.75) is 0 Å². The minimum Gasteiger partial charge on any atom is -0.748 e. The number of nitrogens with zero attached hydrogens (tertiary/aromatic N) is 2. The van der Waals surface area contributed by atoms with Crippen molar-refractivity contribution in [2.75, 3.05) is 0 Å². The monoisotopic (exact) mass is 346 g/mol. The maximum absolute atomic E-state index is 8.92. The fraction of sp³-hybridized carbons (Fsp3) is 0. The van der Waals surface area contributed by atoms with Crippen LogP contribution in [0.4, 0.5) is 0 Å². The molecule has 114 valence electrons. The maximum Gasteiger partial charge on any atom is 0.0992 e. The van der Waals surface area contributed by atoms with Gasteiger partial charge in [0.1, 0.15) is 0 Å². The minimum absolute atomic E-state index is 0. The molecule has 0 aliphatic heterocycles. The Morgan fingerprint density at radius 1 is 0.864 bits per heavy atom. The van der Waals surface area contributed by atoms with Gasteiger partial charge in [-0.1, -0.05) is 23.3 Å². The van der Waals surface area contributed by atoms with E-state index in [2.05, 4.69) is 0 Å². The molecule has 3 aromatic carbocycles. The van der Waals surface area contributed by atoms with Gasteiger partial charge in [-0.3, -0.25) is 0 Å². The normalized spacial score (nSPS) is 8.68. The Labute approximate surface area is 145 Å². The Morgan fingerprint density at radius 2 is 1.32 bits per heavy atom. The maximum atomic E-state index is 8.92. The molecule has 2 nitrogen and oxygen atoms in total. The summed E-state index contributed by atoms with van der Waals surface area (Å²) in [4.78, 5) is 0. The zero-order valence-electron chi connectivity index (χ0n) is 11.5. The molecule has 0 aromatic heterocycles. The molecule has 0 aliphatic carbocycles. The van der Waals surface area contributed by atoms with Crippen LogP contribution in [-0.2, 0) is 17.1 Å². The molecule has 0 radical (unpaired) electrons. The van der Waals surface area contributed by atoms with E-state index < -0.39 is 0 Å². The van der Waals surface area contributed by atoms with Gasteiger partial charge in [-0.15, -0.1) is 23.7 Å². The van der Waals surface area contributed by atoms with Crippen molar-refractivity contribution in [1.29, 1.82) is 10.5 Å². The van der Waals surface area contributed by atoms with Gasteiger partial charge in [0.05, 0.1) is 17.7 Å².